The van der Waals surface area contributed by atoms with Gasteiger partial charge in [0.15, 0.2) is 0 Å². The van der Waals surface area contributed by atoms with E-state index in [-0.39, 0.29) is 0 Å². The van der Waals surface area contributed by atoms with Crippen molar-refractivity contribution in [3.63, 3.8) is 0 Å². The molecule has 0 unspecified atom stereocenters. The van der Waals surface area contributed by atoms with Crippen LogP contribution in [0.15, 0.2) is 109 Å². The molecule has 1 nitrogen and oxygen atoms in total. The second-order valence-electron chi connectivity index (χ2n) is 8.94. The van der Waals surface area contributed by atoms with Crippen molar-refractivity contribution in [1.82, 2.24) is 4.57 Å². The van der Waals surface area contributed by atoms with E-state index in [4.69, 9.17) is 0 Å². The maximum absolute atomic E-state index is 2.50. The summed E-state index contributed by atoms with van der Waals surface area (Å²) in [5.74, 6) is 0. The summed E-state index contributed by atoms with van der Waals surface area (Å²) < 4.78 is 2.50. The third-order valence-corrected chi connectivity index (χ3v) is 7.41. The van der Waals surface area contributed by atoms with E-state index in [0.29, 0.717) is 6.71 Å². The molecule has 8 rings (SSSR count). The fourth-order valence-electron chi connectivity index (χ4n) is 6.14. The molecule has 0 fully saturated rings. The van der Waals surface area contributed by atoms with E-state index >= 15 is 0 Å². The first-order chi connectivity index (χ1) is 15.9. The number of nitrogens with zero attached hydrogens (tertiary/aromatic N) is 1. The van der Waals surface area contributed by atoms with Crippen molar-refractivity contribution in [2.75, 3.05) is 0 Å². The predicted octanol–water partition coefficient (Wildman–Crippen LogP) is 5.26. The highest BCUT2D eigenvalue weighted by molar-refractivity contribution is 7.01. The minimum Gasteiger partial charge on any atom is -0.310 e. The molecule has 2 aliphatic rings. The van der Waals surface area contributed by atoms with Crippen LogP contribution in [0.3, 0.4) is 0 Å². The lowest BCUT2D eigenvalue weighted by atomic mass is 9.37. The summed E-state index contributed by atoms with van der Waals surface area (Å²) in [4.78, 5) is 0. The lowest BCUT2D eigenvalue weighted by molar-refractivity contribution is 1.19. The van der Waals surface area contributed by atoms with Crippen molar-refractivity contribution in [1.29, 1.82) is 0 Å². The molecule has 0 amide bonds. The van der Waals surface area contributed by atoms with Gasteiger partial charge in [-0.25, -0.2) is 0 Å². The molecule has 6 aromatic rings. The number of para-hydroxylation sites is 2. The quantitative estimate of drug-likeness (QED) is 0.330. The average Bonchev–Trinajstić information content (AvgIpc) is 3.38. The van der Waals surface area contributed by atoms with E-state index in [9.17, 15) is 0 Å². The summed E-state index contributed by atoms with van der Waals surface area (Å²) >= 11 is 0. The molecule has 3 heterocycles. The highest BCUT2D eigenvalue weighted by Crippen LogP contribution is 2.37. The smallest absolute Gasteiger partial charge is 0.248 e. The number of rotatable bonds is 1. The van der Waals surface area contributed by atoms with Crippen LogP contribution < -0.4 is 16.4 Å². The van der Waals surface area contributed by atoms with Gasteiger partial charge in [0.2, 0.25) is 6.71 Å². The van der Waals surface area contributed by atoms with E-state index in [1.165, 1.54) is 66.1 Å². The van der Waals surface area contributed by atoms with Crippen molar-refractivity contribution < 1.29 is 0 Å². The van der Waals surface area contributed by atoms with Gasteiger partial charge < -0.3 is 4.57 Å². The van der Waals surface area contributed by atoms with Crippen molar-refractivity contribution >= 4 is 44.9 Å². The van der Waals surface area contributed by atoms with Gasteiger partial charge in [0.05, 0.1) is 5.52 Å². The molecule has 0 saturated carbocycles. The molecule has 0 spiro atoms. The first-order valence-corrected chi connectivity index (χ1v) is 11.3. The average molecular weight is 403 g/mol. The molecule has 0 saturated heterocycles. The Balaban J connectivity index is 1.50. The van der Waals surface area contributed by atoms with E-state index in [0.717, 1.165) is 0 Å². The molecule has 0 radical (unpaired) electrons. The van der Waals surface area contributed by atoms with Crippen LogP contribution in [-0.2, 0) is 0 Å². The largest absolute Gasteiger partial charge is 0.310 e. The van der Waals surface area contributed by atoms with Crippen molar-refractivity contribution in [3.05, 3.63) is 109 Å². The Hall–Kier alpha value is -4.04. The van der Waals surface area contributed by atoms with Gasteiger partial charge in [0.25, 0.3) is 0 Å². The number of aromatic nitrogens is 1. The molecule has 32 heavy (non-hydrogen) atoms. The minimum absolute atomic E-state index is 0.293. The van der Waals surface area contributed by atoms with E-state index < -0.39 is 0 Å². The first kappa shape index (κ1) is 16.6. The standard InChI is InChI=1S/C30H18BN/c1-2-8-19(9-3-1)20-16-17-25-24(18-20)22-11-7-15-28-29(22)31(25)26-13-6-12-23-21-10-4-5-14-27(21)32(28)30(23)26/h1-18H. The van der Waals surface area contributed by atoms with Gasteiger partial charge in [-0.1, -0.05) is 96.5 Å². The zero-order valence-electron chi connectivity index (χ0n) is 17.4. The topological polar surface area (TPSA) is 4.93 Å². The van der Waals surface area contributed by atoms with Crippen LogP contribution in [0.2, 0.25) is 0 Å². The molecular formula is C30H18BN. The highest BCUT2D eigenvalue weighted by Gasteiger charge is 2.40. The van der Waals surface area contributed by atoms with Gasteiger partial charge >= 0.3 is 0 Å². The van der Waals surface area contributed by atoms with Crippen LogP contribution in [0.5, 0.6) is 0 Å². The Morgan fingerprint density at radius 1 is 0.531 bits per heavy atom. The maximum atomic E-state index is 2.50. The fourth-order valence-corrected chi connectivity index (χ4v) is 6.14. The van der Waals surface area contributed by atoms with Gasteiger partial charge in [0, 0.05) is 22.0 Å². The van der Waals surface area contributed by atoms with Crippen LogP contribution >= 0.6 is 0 Å². The lowest BCUT2D eigenvalue weighted by Gasteiger charge is -2.24. The monoisotopic (exact) mass is 403 g/mol. The number of benzene rings is 5. The Labute approximate surface area is 186 Å². The summed E-state index contributed by atoms with van der Waals surface area (Å²) in [7, 11) is 0. The third kappa shape index (κ3) is 1.91. The molecule has 146 valence electrons. The summed E-state index contributed by atoms with van der Waals surface area (Å²) in [6.45, 7) is 0.293. The van der Waals surface area contributed by atoms with Crippen LogP contribution in [0.4, 0.5) is 0 Å². The van der Waals surface area contributed by atoms with Gasteiger partial charge in [-0.3, -0.25) is 0 Å². The van der Waals surface area contributed by atoms with Crippen LogP contribution in [0.1, 0.15) is 0 Å². The normalized spacial score (nSPS) is 12.9. The lowest BCUT2D eigenvalue weighted by Crippen LogP contribution is -2.53. The van der Waals surface area contributed by atoms with Crippen LogP contribution in [0.25, 0.3) is 49.7 Å². The van der Waals surface area contributed by atoms with Gasteiger partial charge in [-0.05, 0) is 51.4 Å². The Kier molecular flexibility index (Phi) is 3.02. The second kappa shape index (κ2) is 5.80. The molecule has 2 aliphatic heterocycles. The number of fused-ring (bicyclic) bond motifs is 8. The van der Waals surface area contributed by atoms with Crippen molar-refractivity contribution in [2.45, 2.75) is 0 Å². The molecule has 5 aromatic carbocycles. The van der Waals surface area contributed by atoms with Crippen LogP contribution in [0, 0.1) is 0 Å². The molecule has 1 aromatic heterocycles. The van der Waals surface area contributed by atoms with Gasteiger partial charge in [-0.15, -0.1) is 0 Å². The zero-order valence-corrected chi connectivity index (χ0v) is 17.4. The second-order valence-corrected chi connectivity index (χ2v) is 8.94. The summed E-state index contributed by atoms with van der Waals surface area (Å²) in [5, 5.41) is 2.69. The Morgan fingerprint density at radius 2 is 1.34 bits per heavy atom. The number of hydrogen-bond acceptors (Lipinski definition) is 0. The SMILES string of the molecule is c1ccc(-c2ccc3c(c2)-c2cccc4c2B3c2cccc3c5ccccc5n-4c23)cc1. The molecule has 0 atom stereocenters. The summed E-state index contributed by atoms with van der Waals surface area (Å²) in [6, 6.07) is 40.3. The van der Waals surface area contributed by atoms with E-state index in [1.54, 1.807) is 0 Å². The van der Waals surface area contributed by atoms with Gasteiger partial charge in [0.1, 0.15) is 0 Å². The molecule has 0 bridgehead atoms. The maximum Gasteiger partial charge on any atom is 0.248 e. The van der Waals surface area contributed by atoms with Crippen molar-refractivity contribution in [3.8, 4) is 27.9 Å². The van der Waals surface area contributed by atoms with Crippen LogP contribution in [-0.4, -0.2) is 11.3 Å². The molecule has 0 N–H and O–H groups in total. The zero-order chi connectivity index (χ0) is 20.8. The highest BCUT2D eigenvalue weighted by atomic mass is 15.0. The minimum atomic E-state index is 0.293. The summed E-state index contributed by atoms with van der Waals surface area (Å²) in [6.07, 6.45) is 0. The molecule has 2 heteroatoms. The first-order valence-electron chi connectivity index (χ1n) is 11.3. The Bertz CT molecular complexity index is 1730. The van der Waals surface area contributed by atoms with Crippen molar-refractivity contribution in [2.24, 2.45) is 0 Å². The van der Waals surface area contributed by atoms with E-state index in [1.807, 2.05) is 0 Å². The Morgan fingerprint density at radius 3 is 2.28 bits per heavy atom. The third-order valence-electron chi connectivity index (χ3n) is 7.41. The summed E-state index contributed by atoms with van der Waals surface area (Å²) in [5.41, 5.74) is 13.6. The molecular weight excluding hydrogens is 385 g/mol. The molecule has 0 aliphatic carbocycles. The predicted molar refractivity (Wildman–Crippen MR) is 136 cm³/mol. The van der Waals surface area contributed by atoms with E-state index in [2.05, 4.69) is 114 Å². The number of hydrogen-bond donors (Lipinski definition) is 0. The fraction of sp³-hybridized carbons (Fsp3) is 0. The van der Waals surface area contributed by atoms with Gasteiger partial charge in [-0.2, -0.15) is 0 Å².